The maximum atomic E-state index is 13.1. The van der Waals surface area contributed by atoms with Crippen LogP contribution >= 0.6 is 0 Å². The Morgan fingerprint density at radius 2 is 1.68 bits per heavy atom. The standard InChI is InChI=1S/C25H28FNO6S/c26-19-11-9-18(10-12-19)15-32-23-8-4-3-7-22(23)25(29)33-16-24(28)27(20-5-1-2-6-20)21-13-14-34(30,31)17-21/h3-4,7-12,20-21H,1-2,5-6,13-17H2. The highest BCUT2D eigenvalue weighted by Gasteiger charge is 2.39. The van der Waals surface area contributed by atoms with Crippen molar-refractivity contribution in [1.29, 1.82) is 0 Å². The second kappa shape index (κ2) is 10.5. The lowest BCUT2D eigenvalue weighted by Gasteiger charge is -2.33. The number of sulfone groups is 1. The molecule has 0 aromatic heterocycles. The molecule has 182 valence electrons. The average Bonchev–Trinajstić information content (AvgIpc) is 3.47. The summed E-state index contributed by atoms with van der Waals surface area (Å²) in [5.41, 5.74) is 0.909. The average molecular weight is 490 g/mol. The Labute approximate surface area is 198 Å². The van der Waals surface area contributed by atoms with Crippen molar-refractivity contribution in [2.24, 2.45) is 0 Å². The zero-order valence-electron chi connectivity index (χ0n) is 18.8. The van der Waals surface area contributed by atoms with Gasteiger partial charge in [0, 0.05) is 12.1 Å². The molecule has 0 N–H and O–H groups in total. The van der Waals surface area contributed by atoms with E-state index in [1.165, 1.54) is 12.1 Å². The molecule has 9 heteroatoms. The molecule has 2 fully saturated rings. The molecule has 1 aliphatic heterocycles. The molecule has 7 nitrogen and oxygen atoms in total. The smallest absolute Gasteiger partial charge is 0.342 e. The maximum Gasteiger partial charge on any atom is 0.342 e. The normalized spacial score (nSPS) is 19.6. The Kier molecular flexibility index (Phi) is 7.50. The van der Waals surface area contributed by atoms with Gasteiger partial charge in [0.15, 0.2) is 16.4 Å². The molecule has 2 aliphatic rings. The minimum absolute atomic E-state index is 0.0177. The van der Waals surface area contributed by atoms with E-state index in [0.717, 1.165) is 31.2 Å². The van der Waals surface area contributed by atoms with Crippen LogP contribution in [-0.4, -0.2) is 55.4 Å². The molecular formula is C25H28FNO6S. The van der Waals surface area contributed by atoms with E-state index in [1.54, 1.807) is 41.3 Å². The molecule has 4 rings (SSSR count). The number of hydrogen-bond acceptors (Lipinski definition) is 6. The highest BCUT2D eigenvalue weighted by molar-refractivity contribution is 7.91. The summed E-state index contributed by atoms with van der Waals surface area (Å²) < 4.78 is 48.2. The largest absolute Gasteiger partial charge is 0.488 e. The van der Waals surface area contributed by atoms with E-state index in [0.29, 0.717) is 12.2 Å². The van der Waals surface area contributed by atoms with Crippen LogP contribution in [0.3, 0.4) is 0 Å². The van der Waals surface area contributed by atoms with E-state index in [1.807, 2.05) is 0 Å². The van der Waals surface area contributed by atoms with E-state index in [4.69, 9.17) is 9.47 Å². The lowest BCUT2D eigenvalue weighted by molar-refractivity contribution is -0.139. The molecule has 1 heterocycles. The first-order valence-corrected chi connectivity index (χ1v) is 13.3. The van der Waals surface area contributed by atoms with Gasteiger partial charge >= 0.3 is 5.97 Å². The fraction of sp³-hybridized carbons (Fsp3) is 0.440. The van der Waals surface area contributed by atoms with Crippen LogP contribution in [0, 0.1) is 5.82 Å². The first-order valence-electron chi connectivity index (χ1n) is 11.5. The van der Waals surface area contributed by atoms with Gasteiger partial charge in [0.2, 0.25) is 0 Å². The van der Waals surface area contributed by atoms with Gasteiger partial charge < -0.3 is 14.4 Å². The number of ether oxygens (including phenoxy) is 2. The van der Waals surface area contributed by atoms with E-state index < -0.39 is 22.4 Å². The summed E-state index contributed by atoms with van der Waals surface area (Å²) in [6.45, 7) is -0.326. The van der Waals surface area contributed by atoms with Crippen molar-refractivity contribution in [2.75, 3.05) is 18.1 Å². The minimum atomic E-state index is -3.15. The minimum Gasteiger partial charge on any atom is -0.488 e. The first-order chi connectivity index (χ1) is 16.3. The van der Waals surface area contributed by atoms with Crippen molar-refractivity contribution in [3.05, 3.63) is 65.5 Å². The predicted octanol–water partition coefficient (Wildman–Crippen LogP) is 3.52. The Balaban J connectivity index is 1.40. The second-order valence-electron chi connectivity index (χ2n) is 8.78. The van der Waals surface area contributed by atoms with Crippen molar-refractivity contribution in [3.63, 3.8) is 0 Å². The van der Waals surface area contributed by atoms with Gasteiger partial charge in [-0.05, 0) is 49.1 Å². The molecule has 0 bridgehead atoms. The summed E-state index contributed by atoms with van der Waals surface area (Å²) in [7, 11) is -3.15. The monoisotopic (exact) mass is 489 g/mol. The molecule has 0 radical (unpaired) electrons. The molecule has 34 heavy (non-hydrogen) atoms. The number of nitrogens with zero attached hydrogens (tertiary/aromatic N) is 1. The third kappa shape index (κ3) is 5.94. The van der Waals surface area contributed by atoms with Gasteiger partial charge in [0.1, 0.15) is 23.7 Å². The van der Waals surface area contributed by atoms with Gasteiger partial charge in [0.25, 0.3) is 5.91 Å². The number of benzene rings is 2. The van der Waals surface area contributed by atoms with Gasteiger partial charge in [0.05, 0.1) is 11.5 Å². The molecule has 2 aromatic rings. The van der Waals surface area contributed by atoms with Gasteiger partial charge in [-0.15, -0.1) is 0 Å². The van der Waals surface area contributed by atoms with Gasteiger partial charge in [-0.3, -0.25) is 4.79 Å². The van der Waals surface area contributed by atoms with Crippen molar-refractivity contribution in [1.82, 2.24) is 4.90 Å². The third-order valence-electron chi connectivity index (χ3n) is 6.35. The first kappa shape index (κ1) is 24.2. The second-order valence-corrected chi connectivity index (χ2v) is 11.0. The van der Waals surface area contributed by atoms with E-state index in [2.05, 4.69) is 0 Å². The van der Waals surface area contributed by atoms with Crippen LogP contribution in [0.1, 0.15) is 48.0 Å². The van der Waals surface area contributed by atoms with Crippen LogP contribution in [0.15, 0.2) is 48.5 Å². The fourth-order valence-electron chi connectivity index (χ4n) is 4.67. The number of halogens is 1. The van der Waals surface area contributed by atoms with Gasteiger partial charge in [-0.1, -0.05) is 37.1 Å². The number of carbonyl (C=O) groups excluding carboxylic acids is 2. The number of rotatable bonds is 8. The Morgan fingerprint density at radius 1 is 0.971 bits per heavy atom. The molecular weight excluding hydrogens is 461 g/mol. The summed E-state index contributed by atoms with van der Waals surface area (Å²) in [5, 5.41) is 0. The number of carbonyl (C=O) groups is 2. The Morgan fingerprint density at radius 3 is 2.35 bits per heavy atom. The maximum absolute atomic E-state index is 13.1. The molecule has 2 aromatic carbocycles. The van der Waals surface area contributed by atoms with E-state index in [9.17, 15) is 22.4 Å². The lowest BCUT2D eigenvalue weighted by Crippen LogP contribution is -2.48. The molecule has 1 unspecified atom stereocenters. The van der Waals surface area contributed by atoms with Crippen molar-refractivity contribution >= 4 is 21.7 Å². The summed E-state index contributed by atoms with van der Waals surface area (Å²) in [4.78, 5) is 27.5. The lowest BCUT2D eigenvalue weighted by atomic mass is 10.1. The summed E-state index contributed by atoms with van der Waals surface area (Å²) in [6, 6.07) is 12.0. The molecule has 1 aliphatic carbocycles. The molecule has 1 saturated carbocycles. The number of para-hydroxylation sites is 1. The van der Waals surface area contributed by atoms with Crippen LogP contribution in [0.4, 0.5) is 4.39 Å². The van der Waals surface area contributed by atoms with Crippen LogP contribution < -0.4 is 4.74 Å². The van der Waals surface area contributed by atoms with E-state index >= 15 is 0 Å². The van der Waals surface area contributed by atoms with Crippen LogP contribution in [0.5, 0.6) is 5.75 Å². The van der Waals surface area contributed by atoms with Crippen molar-refractivity contribution < 1.29 is 31.9 Å². The number of hydrogen-bond donors (Lipinski definition) is 0. The quantitative estimate of drug-likeness (QED) is 0.527. The van der Waals surface area contributed by atoms with Gasteiger partial charge in [-0.2, -0.15) is 0 Å². The van der Waals surface area contributed by atoms with Gasteiger partial charge in [-0.25, -0.2) is 17.6 Å². The van der Waals surface area contributed by atoms with Crippen molar-refractivity contribution in [2.45, 2.75) is 50.8 Å². The Bertz CT molecular complexity index is 1130. The zero-order chi connectivity index (χ0) is 24.1. The SMILES string of the molecule is O=C(OCC(=O)N(C1CCCC1)C1CCS(=O)(=O)C1)c1ccccc1OCc1ccc(F)cc1. The highest BCUT2D eigenvalue weighted by atomic mass is 32.2. The summed E-state index contributed by atoms with van der Waals surface area (Å²) in [5.74, 6) is -1.09. The predicted molar refractivity (Wildman–Crippen MR) is 124 cm³/mol. The van der Waals surface area contributed by atoms with Crippen molar-refractivity contribution in [3.8, 4) is 5.75 Å². The molecule has 1 amide bonds. The molecule has 1 saturated heterocycles. The molecule has 0 spiro atoms. The zero-order valence-corrected chi connectivity index (χ0v) is 19.6. The topological polar surface area (TPSA) is 90.0 Å². The molecule has 1 atom stereocenters. The van der Waals surface area contributed by atoms with E-state index in [-0.39, 0.29) is 47.5 Å². The third-order valence-corrected chi connectivity index (χ3v) is 8.10. The summed E-state index contributed by atoms with van der Waals surface area (Å²) >= 11 is 0. The highest BCUT2D eigenvalue weighted by Crippen LogP contribution is 2.29. The fourth-order valence-corrected chi connectivity index (χ4v) is 6.38. The van der Waals surface area contributed by atoms with Crippen LogP contribution in [0.25, 0.3) is 0 Å². The van der Waals surface area contributed by atoms with Crippen LogP contribution in [0.2, 0.25) is 0 Å². The number of amides is 1. The Hall–Kier alpha value is -2.94. The summed E-state index contributed by atoms with van der Waals surface area (Å²) in [6.07, 6.45) is 4.06. The van der Waals surface area contributed by atoms with Crippen LogP contribution in [-0.2, 0) is 26.0 Å². The number of esters is 1.